The minimum atomic E-state index is -0.822. The summed E-state index contributed by atoms with van der Waals surface area (Å²) in [7, 11) is 1.51. The van der Waals surface area contributed by atoms with E-state index < -0.39 is 11.8 Å². The van der Waals surface area contributed by atoms with Gasteiger partial charge in [0.25, 0.3) is 0 Å². The van der Waals surface area contributed by atoms with Crippen LogP contribution < -0.4 is 14.2 Å². The molecule has 2 aliphatic rings. The Morgan fingerprint density at radius 3 is 2.72 bits per heavy atom. The number of hydrogen-bond donors (Lipinski definition) is 1. The third kappa shape index (κ3) is 5.78. The maximum Gasteiger partial charge on any atom is 0.304 e. The van der Waals surface area contributed by atoms with Crippen molar-refractivity contribution in [1.82, 2.24) is 5.16 Å². The summed E-state index contributed by atoms with van der Waals surface area (Å²) in [6.07, 6.45) is 5.24. The Kier molecular flexibility index (Phi) is 7.36. The van der Waals surface area contributed by atoms with Crippen LogP contribution in [0.1, 0.15) is 55.0 Å². The summed E-state index contributed by atoms with van der Waals surface area (Å²) in [5.41, 5.74) is 1.55. The maximum absolute atomic E-state index is 14.7. The largest absolute Gasteiger partial charge is 0.497 e. The van der Waals surface area contributed by atoms with Gasteiger partial charge in [-0.25, -0.2) is 4.39 Å². The molecule has 3 aromatic rings. The van der Waals surface area contributed by atoms with Crippen molar-refractivity contribution in [2.75, 3.05) is 7.11 Å². The average Bonchev–Trinajstić information content (AvgIpc) is 3.58. The highest BCUT2D eigenvalue weighted by Gasteiger charge is 2.30. The average molecular weight is 514 g/mol. The van der Waals surface area contributed by atoms with Crippen LogP contribution in [0.5, 0.6) is 17.2 Å². The van der Waals surface area contributed by atoms with E-state index in [1.807, 2.05) is 24.3 Å². The Morgan fingerprint density at radius 1 is 1.19 bits per heavy atom. The highest BCUT2D eigenvalue weighted by molar-refractivity contribution is 8.00. The van der Waals surface area contributed by atoms with Crippen LogP contribution in [0.2, 0.25) is 0 Å². The fraction of sp³-hybridized carbons (Fsp3) is 0.407. The zero-order chi connectivity index (χ0) is 25.1. The Labute approximate surface area is 212 Å². The van der Waals surface area contributed by atoms with E-state index in [0.29, 0.717) is 28.2 Å². The first kappa shape index (κ1) is 24.5. The van der Waals surface area contributed by atoms with Gasteiger partial charge in [0.15, 0.2) is 11.4 Å². The van der Waals surface area contributed by atoms with Gasteiger partial charge in [0.05, 0.1) is 25.2 Å². The van der Waals surface area contributed by atoms with Gasteiger partial charge in [-0.1, -0.05) is 17.3 Å². The summed E-state index contributed by atoms with van der Waals surface area (Å²) in [4.78, 5) is 11.4. The minimum Gasteiger partial charge on any atom is -0.497 e. The second-order valence-corrected chi connectivity index (χ2v) is 10.6. The monoisotopic (exact) mass is 513 g/mol. The molecule has 0 amide bonds. The summed E-state index contributed by atoms with van der Waals surface area (Å²) in [5, 5.41) is 13.9. The van der Waals surface area contributed by atoms with Crippen molar-refractivity contribution in [2.24, 2.45) is 0 Å². The summed E-state index contributed by atoms with van der Waals surface area (Å²) < 4.78 is 37.7. The van der Waals surface area contributed by atoms with Crippen LogP contribution in [0.25, 0.3) is 11.3 Å². The molecule has 190 valence electrons. The number of carbonyl (C=O) groups is 1. The van der Waals surface area contributed by atoms with Gasteiger partial charge in [0.2, 0.25) is 5.76 Å². The van der Waals surface area contributed by atoms with Gasteiger partial charge in [-0.2, -0.15) is 0 Å². The number of ether oxygens (including phenoxy) is 3. The predicted molar refractivity (Wildman–Crippen MR) is 133 cm³/mol. The van der Waals surface area contributed by atoms with Crippen LogP contribution in [0.3, 0.4) is 0 Å². The molecule has 1 unspecified atom stereocenters. The van der Waals surface area contributed by atoms with E-state index in [-0.39, 0.29) is 35.7 Å². The minimum absolute atomic E-state index is 0.0233. The summed E-state index contributed by atoms with van der Waals surface area (Å²) in [5.74, 6) is 0.363. The molecule has 0 spiro atoms. The topological polar surface area (TPSA) is 91.0 Å². The van der Waals surface area contributed by atoms with E-state index in [1.54, 1.807) is 17.8 Å². The van der Waals surface area contributed by atoms with Crippen molar-refractivity contribution in [3.8, 4) is 28.6 Å². The normalized spacial score (nSPS) is 16.3. The van der Waals surface area contributed by atoms with E-state index in [2.05, 4.69) is 5.16 Å². The van der Waals surface area contributed by atoms with Crippen molar-refractivity contribution < 1.29 is 33.0 Å². The van der Waals surface area contributed by atoms with Gasteiger partial charge in [-0.05, 0) is 68.0 Å². The molecule has 0 bridgehead atoms. The van der Waals surface area contributed by atoms with E-state index >= 15 is 0 Å². The van der Waals surface area contributed by atoms with E-state index in [9.17, 15) is 14.3 Å². The molecule has 1 atom stereocenters. The third-order valence-corrected chi connectivity index (χ3v) is 7.94. The van der Waals surface area contributed by atoms with Gasteiger partial charge >= 0.3 is 5.97 Å². The lowest BCUT2D eigenvalue weighted by molar-refractivity contribution is -0.137. The Balaban J connectivity index is 1.37. The molecule has 9 heteroatoms. The van der Waals surface area contributed by atoms with Crippen LogP contribution in [0.15, 0.2) is 47.0 Å². The van der Waals surface area contributed by atoms with Crippen LogP contribution in [-0.2, 0) is 11.4 Å². The van der Waals surface area contributed by atoms with Gasteiger partial charge in [-0.3, -0.25) is 4.79 Å². The number of methoxy groups -OCH3 is 1. The van der Waals surface area contributed by atoms with Crippen LogP contribution >= 0.6 is 11.8 Å². The lowest BCUT2D eigenvalue weighted by atomic mass is 9.96. The van der Waals surface area contributed by atoms with Gasteiger partial charge in [-0.15, -0.1) is 11.8 Å². The molecule has 0 aliphatic heterocycles. The number of thioether (sulfide) groups is 1. The van der Waals surface area contributed by atoms with Crippen LogP contribution in [0, 0.1) is 5.82 Å². The number of carboxylic acids is 1. The summed E-state index contributed by atoms with van der Waals surface area (Å²) in [6.45, 7) is 0.0555. The first-order chi connectivity index (χ1) is 17.5. The molecule has 0 radical (unpaired) electrons. The number of carboxylic acid groups (broad SMARTS) is 1. The molecule has 2 aliphatic carbocycles. The quantitative estimate of drug-likeness (QED) is 0.297. The summed E-state index contributed by atoms with van der Waals surface area (Å²) in [6, 6.07) is 11.9. The van der Waals surface area contributed by atoms with E-state index in [1.165, 1.54) is 19.2 Å². The van der Waals surface area contributed by atoms with Crippen molar-refractivity contribution in [2.45, 2.75) is 61.7 Å². The fourth-order valence-electron chi connectivity index (χ4n) is 3.96. The first-order valence-electron chi connectivity index (χ1n) is 12.1. The third-order valence-electron chi connectivity index (χ3n) is 6.32. The van der Waals surface area contributed by atoms with E-state index in [4.69, 9.17) is 18.7 Å². The fourth-order valence-corrected chi connectivity index (χ4v) is 5.37. The standard InChI is InChI=1S/C27H28FNO6S/c1-32-18-8-11-22(28)21(13-18)26-27(34-17-5-3-6-17)23(29-35-26)15-33-19-7-2-4-16(12-19)24(14-25(30)31)36-20-9-10-20/h2,4,7-8,11-13,17,20,24H,3,5-6,9-10,14-15H2,1H3,(H,30,31). The number of nitrogens with zero attached hydrogens (tertiary/aromatic N) is 1. The molecule has 2 fully saturated rings. The molecule has 2 aromatic carbocycles. The number of rotatable bonds is 12. The van der Waals surface area contributed by atoms with Crippen molar-refractivity contribution in [3.05, 3.63) is 59.5 Å². The molecule has 1 aromatic heterocycles. The molecule has 0 saturated heterocycles. The number of halogens is 1. The number of hydrogen-bond acceptors (Lipinski definition) is 7. The zero-order valence-corrected chi connectivity index (χ0v) is 20.8. The molecular formula is C27H28FNO6S. The lowest BCUT2D eigenvalue weighted by Gasteiger charge is -2.26. The molecule has 1 N–H and O–H groups in total. The van der Waals surface area contributed by atoms with Gasteiger partial charge < -0.3 is 23.8 Å². The Morgan fingerprint density at radius 2 is 2.03 bits per heavy atom. The van der Waals surface area contributed by atoms with E-state index in [0.717, 1.165) is 37.7 Å². The summed E-state index contributed by atoms with van der Waals surface area (Å²) >= 11 is 1.71. The Hall–Kier alpha value is -3.20. The predicted octanol–water partition coefficient (Wildman–Crippen LogP) is 6.41. The SMILES string of the molecule is COc1ccc(F)c(-c2onc(COc3cccc(C(CC(=O)O)SC4CC4)c3)c2OC2CCC2)c1. The zero-order valence-electron chi connectivity index (χ0n) is 19.9. The van der Waals surface area contributed by atoms with Crippen molar-refractivity contribution in [3.63, 3.8) is 0 Å². The lowest BCUT2D eigenvalue weighted by Crippen LogP contribution is -2.25. The molecular weight excluding hydrogens is 485 g/mol. The molecule has 2 saturated carbocycles. The molecule has 36 heavy (non-hydrogen) atoms. The maximum atomic E-state index is 14.7. The smallest absolute Gasteiger partial charge is 0.304 e. The number of aromatic nitrogens is 1. The van der Waals surface area contributed by atoms with Crippen molar-refractivity contribution in [1.29, 1.82) is 0 Å². The molecule has 1 heterocycles. The number of benzene rings is 2. The number of aliphatic carboxylic acids is 1. The van der Waals surface area contributed by atoms with Crippen LogP contribution in [0.4, 0.5) is 4.39 Å². The first-order valence-corrected chi connectivity index (χ1v) is 13.0. The second kappa shape index (κ2) is 10.8. The van der Waals surface area contributed by atoms with Crippen molar-refractivity contribution >= 4 is 17.7 Å². The highest BCUT2D eigenvalue weighted by atomic mass is 32.2. The van der Waals surface area contributed by atoms with Gasteiger partial charge in [0, 0.05) is 10.5 Å². The van der Waals surface area contributed by atoms with Gasteiger partial charge in [0.1, 0.15) is 23.9 Å². The Bertz CT molecular complexity index is 1220. The molecule has 7 nitrogen and oxygen atoms in total. The molecule has 5 rings (SSSR count). The van der Waals surface area contributed by atoms with Crippen LogP contribution in [-0.4, -0.2) is 34.7 Å². The highest BCUT2D eigenvalue weighted by Crippen LogP contribution is 2.45. The second-order valence-electron chi connectivity index (χ2n) is 9.09.